The second-order valence-corrected chi connectivity index (χ2v) is 6.65. The molecule has 0 saturated carbocycles. The van der Waals surface area contributed by atoms with Crippen LogP contribution in [-0.4, -0.2) is 25.4 Å². The first-order chi connectivity index (χ1) is 12.2. The number of hydrogen-bond acceptors (Lipinski definition) is 4. The van der Waals surface area contributed by atoms with Gasteiger partial charge in [-0.3, -0.25) is 0 Å². The lowest BCUT2D eigenvalue weighted by Crippen LogP contribution is -2.22. The highest BCUT2D eigenvalue weighted by molar-refractivity contribution is 14.0. The van der Waals surface area contributed by atoms with Gasteiger partial charge in [-0.25, -0.2) is 4.99 Å². The molecule has 5 nitrogen and oxygen atoms in total. The zero-order valence-electron chi connectivity index (χ0n) is 14.7. The lowest BCUT2D eigenvalue weighted by molar-refractivity contribution is 0.297. The highest BCUT2D eigenvalue weighted by Gasteiger charge is 2.10. The molecule has 1 heterocycles. The molecule has 0 radical (unpaired) electrons. The first-order valence-corrected chi connectivity index (χ1v) is 9.67. The number of rotatable bonds is 5. The Morgan fingerprint density at radius 1 is 1.08 bits per heavy atom. The van der Waals surface area contributed by atoms with E-state index in [4.69, 9.17) is 15.2 Å². The molecule has 1 aliphatic rings. The number of halogens is 1. The van der Waals surface area contributed by atoms with Gasteiger partial charge in [-0.05, 0) is 29.5 Å². The van der Waals surface area contributed by atoms with E-state index >= 15 is 0 Å². The quantitative estimate of drug-likeness (QED) is 0.377. The molecule has 0 bridgehead atoms. The number of nitrogens with one attached hydrogen (secondary N) is 1. The SMILES string of the molecule is CSCc1ccc(CN=C(N)Nc2ccc3c(c2)OCCCO3)cc1.I. The minimum atomic E-state index is 0. The topological polar surface area (TPSA) is 68.9 Å². The first-order valence-electron chi connectivity index (χ1n) is 8.28. The van der Waals surface area contributed by atoms with Crippen LogP contribution in [0.1, 0.15) is 17.5 Å². The summed E-state index contributed by atoms with van der Waals surface area (Å²) in [4.78, 5) is 4.40. The largest absolute Gasteiger partial charge is 0.490 e. The van der Waals surface area contributed by atoms with Gasteiger partial charge in [-0.2, -0.15) is 11.8 Å². The van der Waals surface area contributed by atoms with Crippen LogP contribution in [-0.2, 0) is 12.3 Å². The summed E-state index contributed by atoms with van der Waals surface area (Å²) in [5, 5.41) is 3.10. The van der Waals surface area contributed by atoms with Crippen LogP contribution in [0.15, 0.2) is 47.5 Å². The molecule has 7 heteroatoms. The van der Waals surface area contributed by atoms with Gasteiger partial charge in [0.15, 0.2) is 17.5 Å². The molecule has 3 rings (SSSR count). The fourth-order valence-electron chi connectivity index (χ4n) is 2.51. The molecule has 2 aromatic carbocycles. The average molecular weight is 485 g/mol. The van der Waals surface area contributed by atoms with Crippen molar-refractivity contribution in [3.05, 3.63) is 53.6 Å². The first kappa shape index (κ1) is 20.7. The Bertz CT molecular complexity index is 738. The number of ether oxygens (including phenoxy) is 2. The summed E-state index contributed by atoms with van der Waals surface area (Å²) in [6.07, 6.45) is 2.99. The summed E-state index contributed by atoms with van der Waals surface area (Å²) in [5.74, 6) is 2.91. The molecule has 0 amide bonds. The van der Waals surface area contributed by atoms with Crippen LogP contribution in [0.3, 0.4) is 0 Å². The van der Waals surface area contributed by atoms with Gasteiger partial charge in [0.25, 0.3) is 0 Å². The molecular weight excluding hydrogens is 461 g/mol. The van der Waals surface area contributed by atoms with Gasteiger partial charge in [-0.1, -0.05) is 24.3 Å². The van der Waals surface area contributed by atoms with Crippen molar-refractivity contribution in [3.63, 3.8) is 0 Å². The highest BCUT2D eigenvalue weighted by Crippen LogP contribution is 2.32. The van der Waals surface area contributed by atoms with Crippen molar-refractivity contribution in [2.45, 2.75) is 18.7 Å². The van der Waals surface area contributed by atoms with Gasteiger partial charge in [0, 0.05) is 23.9 Å². The van der Waals surface area contributed by atoms with Crippen LogP contribution in [0.5, 0.6) is 11.5 Å². The number of nitrogens with two attached hydrogens (primary N) is 1. The molecule has 0 aliphatic carbocycles. The molecule has 3 N–H and O–H groups in total. The summed E-state index contributed by atoms with van der Waals surface area (Å²) in [5.41, 5.74) is 9.29. The molecule has 0 atom stereocenters. The number of anilines is 1. The van der Waals surface area contributed by atoms with Crippen molar-refractivity contribution in [3.8, 4) is 11.5 Å². The Hall–Kier alpha value is -1.61. The maximum atomic E-state index is 6.00. The fourth-order valence-corrected chi connectivity index (χ4v) is 3.04. The molecular formula is C19H24IN3O2S. The number of aliphatic imine (C=N–C) groups is 1. The fraction of sp³-hybridized carbons (Fsp3) is 0.316. The van der Waals surface area contributed by atoms with Gasteiger partial charge >= 0.3 is 0 Å². The van der Waals surface area contributed by atoms with Crippen LogP contribution < -0.4 is 20.5 Å². The van der Waals surface area contributed by atoms with Crippen LogP contribution >= 0.6 is 35.7 Å². The summed E-state index contributed by atoms with van der Waals surface area (Å²) in [7, 11) is 0. The Morgan fingerprint density at radius 3 is 2.50 bits per heavy atom. The van der Waals surface area contributed by atoms with Gasteiger partial charge in [0.2, 0.25) is 0 Å². The summed E-state index contributed by atoms with van der Waals surface area (Å²) in [6.45, 7) is 1.88. The summed E-state index contributed by atoms with van der Waals surface area (Å²) < 4.78 is 11.3. The number of thioether (sulfide) groups is 1. The molecule has 2 aromatic rings. The normalized spacial score (nSPS) is 13.5. The van der Waals surface area contributed by atoms with Gasteiger partial charge < -0.3 is 20.5 Å². The lowest BCUT2D eigenvalue weighted by Gasteiger charge is -2.10. The molecule has 0 fully saturated rings. The standard InChI is InChI=1S/C19H23N3O2S.HI/c1-25-13-15-5-3-14(4-6-15)12-21-19(20)22-16-7-8-17-18(11-16)24-10-2-9-23-17;/h3-8,11H,2,9-10,12-13H2,1H3,(H3,20,21,22);1H. The molecule has 0 unspecified atom stereocenters. The Labute approximate surface area is 175 Å². The molecule has 0 aromatic heterocycles. The minimum absolute atomic E-state index is 0. The van der Waals surface area contributed by atoms with E-state index in [1.54, 1.807) is 0 Å². The van der Waals surface area contributed by atoms with Crippen molar-refractivity contribution in [2.75, 3.05) is 24.8 Å². The van der Waals surface area contributed by atoms with Crippen LogP contribution in [0.2, 0.25) is 0 Å². The third-order valence-electron chi connectivity index (χ3n) is 3.79. The van der Waals surface area contributed by atoms with Crippen LogP contribution in [0.4, 0.5) is 5.69 Å². The van der Waals surface area contributed by atoms with Gasteiger partial charge in [0.05, 0.1) is 19.8 Å². The highest BCUT2D eigenvalue weighted by atomic mass is 127. The monoisotopic (exact) mass is 485 g/mol. The molecule has 140 valence electrons. The minimum Gasteiger partial charge on any atom is -0.490 e. The molecule has 0 saturated heterocycles. The van der Waals surface area contributed by atoms with Crippen molar-refractivity contribution in [1.82, 2.24) is 0 Å². The van der Waals surface area contributed by atoms with E-state index in [-0.39, 0.29) is 24.0 Å². The molecule has 1 aliphatic heterocycles. The summed E-state index contributed by atoms with van der Waals surface area (Å²) >= 11 is 1.81. The summed E-state index contributed by atoms with van der Waals surface area (Å²) in [6, 6.07) is 14.1. The predicted octanol–water partition coefficient (Wildman–Crippen LogP) is 4.26. The number of nitrogens with zero attached hydrogens (tertiary/aromatic N) is 1. The number of hydrogen-bond donors (Lipinski definition) is 2. The van der Waals surface area contributed by atoms with Crippen molar-refractivity contribution < 1.29 is 9.47 Å². The zero-order chi connectivity index (χ0) is 17.5. The number of fused-ring (bicyclic) bond motifs is 1. The molecule has 0 spiro atoms. The number of guanidine groups is 1. The number of benzene rings is 2. The van der Waals surface area contributed by atoms with Crippen molar-refractivity contribution in [1.29, 1.82) is 0 Å². The average Bonchev–Trinajstić information content (AvgIpc) is 2.86. The van der Waals surface area contributed by atoms with E-state index in [1.807, 2.05) is 30.0 Å². The van der Waals surface area contributed by atoms with E-state index < -0.39 is 0 Å². The van der Waals surface area contributed by atoms with E-state index in [1.165, 1.54) is 5.56 Å². The van der Waals surface area contributed by atoms with Gasteiger partial charge in [0.1, 0.15) is 0 Å². The van der Waals surface area contributed by atoms with E-state index in [0.29, 0.717) is 25.7 Å². The maximum Gasteiger partial charge on any atom is 0.193 e. The van der Waals surface area contributed by atoms with E-state index in [9.17, 15) is 0 Å². The second kappa shape index (κ2) is 10.5. The lowest BCUT2D eigenvalue weighted by atomic mass is 10.1. The smallest absolute Gasteiger partial charge is 0.193 e. The zero-order valence-corrected chi connectivity index (χ0v) is 17.9. The van der Waals surface area contributed by atoms with Crippen LogP contribution in [0, 0.1) is 0 Å². The third kappa shape index (κ3) is 5.98. The van der Waals surface area contributed by atoms with Gasteiger partial charge in [-0.15, -0.1) is 24.0 Å². The van der Waals surface area contributed by atoms with Crippen molar-refractivity contribution in [2.24, 2.45) is 10.7 Å². The predicted molar refractivity (Wildman–Crippen MR) is 120 cm³/mol. The second-order valence-electron chi connectivity index (χ2n) is 5.79. The van der Waals surface area contributed by atoms with E-state index in [2.05, 4.69) is 40.8 Å². The van der Waals surface area contributed by atoms with Crippen LogP contribution in [0.25, 0.3) is 0 Å². The Kier molecular flexibility index (Phi) is 8.37. The molecule has 26 heavy (non-hydrogen) atoms. The third-order valence-corrected chi connectivity index (χ3v) is 4.41. The Balaban J connectivity index is 0.00000243. The van der Waals surface area contributed by atoms with Crippen molar-refractivity contribution >= 4 is 47.4 Å². The maximum absolute atomic E-state index is 6.00. The Morgan fingerprint density at radius 2 is 1.77 bits per heavy atom. The van der Waals surface area contributed by atoms with E-state index in [0.717, 1.165) is 34.9 Å².